The summed E-state index contributed by atoms with van der Waals surface area (Å²) >= 11 is 0. The highest BCUT2D eigenvalue weighted by Crippen LogP contribution is 2.57. The summed E-state index contributed by atoms with van der Waals surface area (Å²) in [5, 5.41) is 0. The second kappa shape index (κ2) is 4.52. The maximum Gasteiger partial charge on any atom is 0.316 e. The van der Waals surface area contributed by atoms with Crippen LogP contribution in [0.3, 0.4) is 0 Å². The van der Waals surface area contributed by atoms with Gasteiger partial charge in [0, 0.05) is 11.6 Å². The zero-order chi connectivity index (χ0) is 13.3. The van der Waals surface area contributed by atoms with E-state index in [2.05, 4.69) is 0 Å². The number of carbonyl (C=O) groups excluding carboxylic acids is 1. The molecule has 98 valence electrons. The third-order valence-electron chi connectivity index (χ3n) is 3.75. The molecular formula is C14H18O4. The third-order valence-corrected chi connectivity index (χ3v) is 3.75. The van der Waals surface area contributed by atoms with E-state index in [1.807, 2.05) is 19.1 Å². The molecule has 0 aliphatic heterocycles. The topological polar surface area (TPSA) is 44.8 Å². The van der Waals surface area contributed by atoms with Crippen LogP contribution in [0.1, 0.15) is 18.9 Å². The van der Waals surface area contributed by atoms with Gasteiger partial charge in [0.1, 0.15) is 11.5 Å². The summed E-state index contributed by atoms with van der Waals surface area (Å²) in [7, 11) is 4.62. The van der Waals surface area contributed by atoms with Gasteiger partial charge in [0.2, 0.25) is 0 Å². The van der Waals surface area contributed by atoms with Crippen LogP contribution < -0.4 is 9.47 Å². The molecule has 1 aliphatic rings. The lowest BCUT2D eigenvalue weighted by atomic mass is 9.92. The summed E-state index contributed by atoms with van der Waals surface area (Å²) in [5.74, 6) is 1.46. The molecule has 0 radical (unpaired) electrons. The average Bonchev–Trinajstić information content (AvgIpc) is 3.09. The van der Waals surface area contributed by atoms with Crippen LogP contribution >= 0.6 is 0 Å². The largest absolute Gasteiger partial charge is 0.497 e. The summed E-state index contributed by atoms with van der Waals surface area (Å²) < 4.78 is 15.5. The highest BCUT2D eigenvalue weighted by molar-refractivity contribution is 5.88. The lowest BCUT2D eigenvalue weighted by Crippen LogP contribution is -2.24. The molecular weight excluding hydrogens is 232 g/mol. The standard InChI is InChI=1S/C14H18O4/c1-9-8-14(9,13(15)18-4)11-6-5-10(16-2)7-12(11)17-3/h5-7,9H,8H2,1-4H3. The predicted octanol–water partition coefficient (Wildman–Crippen LogP) is 2.15. The second-order valence-electron chi connectivity index (χ2n) is 4.63. The lowest BCUT2D eigenvalue weighted by molar-refractivity contribution is -0.144. The number of rotatable bonds is 4. The number of esters is 1. The molecule has 4 heteroatoms. The molecule has 0 N–H and O–H groups in total. The van der Waals surface area contributed by atoms with Crippen LogP contribution in [0.5, 0.6) is 11.5 Å². The number of hydrogen-bond acceptors (Lipinski definition) is 4. The van der Waals surface area contributed by atoms with Crippen molar-refractivity contribution in [2.75, 3.05) is 21.3 Å². The maximum absolute atomic E-state index is 12.0. The molecule has 2 unspecified atom stereocenters. The fourth-order valence-electron chi connectivity index (χ4n) is 2.54. The van der Waals surface area contributed by atoms with Crippen molar-refractivity contribution >= 4 is 5.97 Å². The molecule has 18 heavy (non-hydrogen) atoms. The van der Waals surface area contributed by atoms with E-state index in [0.29, 0.717) is 11.5 Å². The smallest absolute Gasteiger partial charge is 0.316 e. The van der Waals surface area contributed by atoms with Crippen LogP contribution in [0.25, 0.3) is 0 Å². The Labute approximate surface area is 107 Å². The van der Waals surface area contributed by atoms with Gasteiger partial charge in [-0.3, -0.25) is 4.79 Å². The highest BCUT2D eigenvalue weighted by Gasteiger charge is 2.60. The molecule has 1 fully saturated rings. The van der Waals surface area contributed by atoms with Crippen molar-refractivity contribution in [3.63, 3.8) is 0 Å². The van der Waals surface area contributed by atoms with Crippen molar-refractivity contribution in [2.24, 2.45) is 5.92 Å². The molecule has 0 amide bonds. The van der Waals surface area contributed by atoms with Gasteiger partial charge in [0.15, 0.2) is 0 Å². The van der Waals surface area contributed by atoms with E-state index in [1.165, 1.54) is 7.11 Å². The summed E-state index contributed by atoms with van der Waals surface area (Å²) in [4.78, 5) is 12.0. The molecule has 0 aromatic heterocycles. The van der Waals surface area contributed by atoms with E-state index in [0.717, 1.165) is 12.0 Å². The molecule has 0 bridgehead atoms. The minimum Gasteiger partial charge on any atom is -0.497 e. The minimum absolute atomic E-state index is 0.196. The maximum atomic E-state index is 12.0. The van der Waals surface area contributed by atoms with Crippen molar-refractivity contribution in [3.8, 4) is 11.5 Å². The number of benzene rings is 1. The zero-order valence-electron chi connectivity index (χ0n) is 11.1. The van der Waals surface area contributed by atoms with Gasteiger partial charge >= 0.3 is 5.97 Å². The van der Waals surface area contributed by atoms with Crippen LogP contribution in [-0.2, 0) is 14.9 Å². The first-order valence-corrected chi connectivity index (χ1v) is 5.91. The number of ether oxygens (including phenoxy) is 3. The molecule has 1 saturated carbocycles. The Balaban J connectivity index is 2.47. The van der Waals surface area contributed by atoms with E-state index < -0.39 is 5.41 Å². The Morgan fingerprint density at radius 3 is 2.39 bits per heavy atom. The third kappa shape index (κ3) is 1.72. The van der Waals surface area contributed by atoms with Crippen molar-refractivity contribution in [1.29, 1.82) is 0 Å². The summed E-state index contributed by atoms with van der Waals surface area (Å²) in [6.07, 6.45) is 0.794. The van der Waals surface area contributed by atoms with Crippen LogP contribution in [-0.4, -0.2) is 27.3 Å². The van der Waals surface area contributed by atoms with Gasteiger partial charge < -0.3 is 14.2 Å². The van der Waals surface area contributed by atoms with Gasteiger partial charge in [0.25, 0.3) is 0 Å². The first-order chi connectivity index (χ1) is 8.59. The Morgan fingerprint density at radius 2 is 1.94 bits per heavy atom. The monoisotopic (exact) mass is 250 g/mol. The highest BCUT2D eigenvalue weighted by atomic mass is 16.5. The van der Waals surface area contributed by atoms with Crippen molar-refractivity contribution < 1.29 is 19.0 Å². The summed E-state index contributed by atoms with van der Waals surface area (Å²) in [5.41, 5.74) is 0.331. The molecule has 4 nitrogen and oxygen atoms in total. The fourth-order valence-corrected chi connectivity index (χ4v) is 2.54. The zero-order valence-corrected chi connectivity index (χ0v) is 11.1. The van der Waals surface area contributed by atoms with Gasteiger partial charge in [0.05, 0.1) is 26.7 Å². The van der Waals surface area contributed by atoms with Gasteiger partial charge in [-0.1, -0.05) is 13.0 Å². The van der Waals surface area contributed by atoms with Gasteiger partial charge in [-0.25, -0.2) is 0 Å². The fraction of sp³-hybridized carbons (Fsp3) is 0.500. The summed E-state index contributed by atoms with van der Waals surface area (Å²) in [6.45, 7) is 2.04. The molecule has 2 atom stereocenters. The number of carbonyl (C=O) groups is 1. The van der Waals surface area contributed by atoms with Crippen molar-refractivity contribution in [1.82, 2.24) is 0 Å². The van der Waals surface area contributed by atoms with Gasteiger partial charge in [-0.05, 0) is 18.4 Å². The lowest BCUT2D eigenvalue weighted by Gasteiger charge is -2.18. The Hall–Kier alpha value is -1.71. The minimum atomic E-state index is -0.549. The molecule has 1 aliphatic carbocycles. The second-order valence-corrected chi connectivity index (χ2v) is 4.63. The SMILES string of the molecule is COC(=O)C1(c2ccc(OC)cc2OC)CC1C. The molecule has 1 aromatic rings. The Kier molecular flexibility index (Phi) is 3.20. The van der Waals surface area contributed by atoms with Crippen LogP contribution in [0, 0.1) is 5.92 Å². The van der Waals surface area contributed by atoms with E-state index in [-0.39, 0.29) is 11.9 Å². The van der Waals surface area contributed by atoms with E-state index in [9.17, 15) is 4.79 Å². The van der Waals surface area contributed by atoms with E-state index in [4.69, 9.17) is 14.2 Å². The van der Waals surface area contributed by atoms with Crippen molar-refractivity contribution in [3.05, 3.63) is 23.8 Å². The van der Waals surface area contributed by atoms with Gasteiger partial charge in [-0.2, -0.15) is 0 Å². The van der Waals surface area contributed by atoms with Crippen LogP contribution in [0.15, 0.2) is 18.2 Å². The molecule has 2 rings (SSSR count). The van der Waals surface area contributed by atoms with Crippen molar-refractivity contribution in [2.45, 2.75) is 18.8 Å². The molecule has 0 spiro atoms. The van der Waals surface area contributed by atoms with Crippen LogP contribution in [0.4, 0.5) is 0 Å². The first kappa shape index (κ1) is 12.7. The first-order valence-electron chi connectivity index (χ1n) is 5.91. The molecule has 0 saturated heterocycles. The normalized spacial score (nSPS) is 25.4. The van der Waals surface area contributed by atoms with Crippen LogP contribution in [0.2, 0.25) is 0 Å². The average molecular weight is 250 g/mol. The van der Waals surface area contributed by atoms with E-state index >= 15 is 0 Å². The summed E-state index contributed by atoms with van der Waals surface area (Å²) in [6, 6.07) is 5.52. The number of methoxy groups -OCH3 is 3. The Bertz CT molecular complexity index is 469. The van der Waals surface area contributed by atoms with E-state index in [1.54, 1.807) is 20.3 Å². The Morgan fingerprint density at radius 1 is 1.28 bits per heavy atom. The van der Waals surface area contributed by atoms with Gasteiger partial charge in [-0.15, -0.1) is 0 Å². The number of hydrogen-bond donors (Lipinski definition) is 0. The predicted molar refractivity (Wildman–Crippen MR) is 67.0 cm³/mol. The quantitative estimate of drug-likeness (QED) is 0.768. The molecule has 1 aromatic carbocycles. The molecule has 0 heterocycles.